The number of benzene rings is 2. The van der Waals surface area contributed by atoms with Crippen LogP contribution in [-0.4, -0.2) is 22.8 Å². The summed E-state index contributed by atoms with van der Waals surface area (Å²) in [5.74, 6) is 0.268. The summed E-state index contributed by atoms with van der Waals surface area (Å²) in [5, 5.41) is 11.8. The zero-order valence-electron chi connectivity index (χ0n) is 18.2. The summed E-state index contributed by atoms with van der Waals surface area (Å²) in [4.78, 5) is 4.59. The van der Waals surface area contributed by atoms with E-state index in [9.17, 15) is 5.11 Å². The normalized spacial score (nSPS) is 12.6. The van der Waals surface area contributed by atoms with Gasteiger partial charge in [0.25, 0.3) is 0 Å². The van der Waals surface area contributed by atoms with Gasteiger partial charge >= 0.3 is 0 Å². The molecule has 0 radical (unpaired) electrons. The quantitative estimate of drug-likeness (QED) is 0.339. The zero-order valence-corrected chi connectivity index (χ0v) is 18.2. The number of unbranched alkanes of at least 4 members (excludes halogenated alkanes) is 3. The summed E-state index contributed by atoms with van der Waals surface area (Å²) in [6.07, 6.45) is 13.7. The first-order valence-corrected chi connectivity index (χ1v) is 11.1. The van der Waals surface area contributed by atoms with Crippen LogP contribution in [0, 0.1) is 0 Å². The van der Waals surface area contributed by atoms with Crippen molar-refractivity contribution < 1.29 is 9.84 Å². The lowest BCUT2D eigenvalue weighted by Gasteiger charge is -2.12. The maximum atomic E-state index is 9.46. The maximum Gasteiger partial charge on any atom is 0.115 e. The lowest BCUT2D eigenvalue weighted by Crippen LogP contribution is -2.08. The minimum Gasteiger partial charge on any atom is -0.508 e. The number of aromatic nitrogens is 1. The third kappa shape index (κ3) is 6.70. The monoisotopic (exact) mass is 403 g/mol. The van der Waals surface area contributed by atoms with Crippen molar-refractivity contribution in [2.24, 2.45) is 0 Å². The highest BCUT2D eigenvalue weighted by molar-refractivity contribution is 5.87. The molecule has 0 fully saturated rings. The molecular weight excluding hydrogens is 370 g/mol. The van der Waals surface area contributed by atoms with Crippen molar-refractivity contribution in [1.82, 2.24) is 4.98 Å². The fourth-order valence-electron chi connectivity index (χ4n) is 3.52. The molecule has 1 N–H and O–H groups in total. The Morgan fingerprint density at radius 3 is 2.63 bits per heavy atom. The predicted molar refractivity (Wildman–Crippen MR) is 127 cm³/mol. The number of nitrogens with zero attached hydrogens (tertiary/aromatic N) is 1. The highest BCUT2D eigenvalue weighted by atomic mass is 16.5. The molecule has 0 saturated heterocycles. The number of hydrogen-bond donors (Lipinski definition) is 1. The lowest BCUT2D eigenvalue weighted by molar-refractivity contribution is 0.0566. The van der Waals surface area contributed by atoms with Crippen LogP contribution in [0.1, 0.15) is 57.9 Å². The Morgan fingerprint density at radius 1 is 1.00 bits per heavy atom. The van der Waals surface area contributed by atoms with Gasteiger partial charge in [0.15, 0.2) is 0 Å². The van der Waals surface area contributed by atoms with Gasteiger partial charge in [0.2, 0.25) is 0 Å². The van der Waals surface area contributed by atoms with Crippen molar-refractivity contribution in [3.8, 4) is 17.0 Å². The van der Waals surface area contributed by atoms with E-state index in [4.69, 9.17) is 4.74 Å². The Kier molecular flexibility index (Phi) is 8.46. The predicted octanol–water partition coefficient (Wildman–Crippen LogP) is 7.39. The van der Waals surface area contributed by atoms with E-state index in [0.29, 0.717) is 6.10 Å². The summed E-state index contributed by atoms with van der Waals surface area (Å²) in [6.45, 7) is 5.29. The van der Waals surface area contributed by atoms with E-state index in [1.807, 2.05) is 18.3 Å². The number of phenolic OH excluding ortho intramolecular Hbond substituents is 1. The Hall–Kier alpha value is -2.65. The fourth-order valence-corrected chi connectivity index (χ4v) is 3.52. The van der Waals surface area contributed by atoms with Crippen molar-refractivity contribution in [1.29, 1.82) is 0 Å². The molecule has 158 valence electrons. The van der Waals surface area contributed by atoms with Crippen LogP contribution in [-0.2, 0) is 4.74 Å². The topological polar surface area (TPSA) is 42.4 Å². The second-order valence-electron chi connectivity index (χ2n) is 7.94. The van der Waals surface area contributed by atoms with Gasteiger partial charge < -0.3 is 9.84 Å². The Morgan fingerprint density at radius 2 is 1.83 bits per heavy atom. The number of allylic oxidation sites excluding steroid dienone is 1. The highest BCUT2D eigenvalue weighted by Gasteiger charge is 2.03. The molecule has 1 aromatic heterocycles. The van der Waals surface area contributed by atoms with Gasteiger partial charge in [-0.1, -0.05) is 44.1 Å². The Labute approximate surface area is 180 Å². The van der Waals surface area contributed by atoms with Gasteiger partial charge in [0.05, 0.1) is 11.8 Å². The number of ether oxygens (including phenoxy) is 1. The number of phenols is 1. The van der Waals surface area contributed by atoms with Gasteiger partial charge in [-0.25, -0.2) is 0 Å². The van der Waals surface area contributed by atoms with Crippen LogP contribution in [0.15, 0.2) is 60.8 Å². The van der Waals surface area contributed by atoms with Gasteiger partial charge in [-0.3, -0.25) is 4.98 Å². The van der Waals surface area contributed by atoms with Crippen molar-refractivity contribution in [2.75, 3.05) is 6.61 Å². The van der Waals surface area contributed by atoms with Gasteiger partial charge in [-0.05, 0) is 80.0 Å². The molecule has 3 nitrogen and oxygen atoms in total. The van der Waals surface area contributed by atoms with Crippen LogP contribution in [0.3, 0.4) is 0 Å². The first kappa shape index (κ1) is 22.0. The molecule has 0 saturated carbocycles. The third-order valence-corrected chi connectivity index (χ3v) is 5.35. The van der Waals surface area contributed by atoms with Gasteiger partial charge in [0, 0.05) is 23.8 Å². The minimum atomic E-state index is 0.268. The molecule has 30 heavy (non-hydrogen) atoms. The first-order valence-electron chi connectivity index (χ1n) is 11.1. The molecule has 1 unspecified atom stereocenters. The van der Waals surface area contributed by atoms with Crippen LogP contribution >= 0.6 is 0 Å². The standard InChI is InChI=1S/C27H33NO2/c1-3-4-8-17-30-21(2)9-6-5-7-10-22-11-12-24-19-27(28-20-25(24)18-22)23-13-15-26(29)16-14-23/h7,10-16,18-21,29H,3-6,8-9,17H2,1-2H3/b10-7+. The van der Waals surface area contributed by atoms with Gasteiger partial charge in [0.1, 0.15) is 5.75 Å². The molecule has 0 bridgehead atoms. The van der Waals surface area contributed by atoms with Crippen LogP contribution < -0.4 is 0 Å². The average molecular weight is 404 g/mol. The van der Waals surface area contributed by atoms with Gasteiger partial charge in [-0.2, -0.15) is 0 Å². The van der Waals surface area contributed by atoms with Crippen LogP contribution in [0.2, 0.25) is 0 Å². The number of pyridine rings is 1. The second kappa shape index (κ2) is 11.5. The Bertz CT molecular complexity index is 947. The maximum absolute atomic E-state index is 9.46. The second-order valence-corrected chi connectivity index (χ2v) is 7.94. The smallest absolute Gasteiger partial charge is 0.115 e. The molecule has 3 rings (SSSR count). The van der Waals surface area contributed by atoms with E-state index < -0.39 is 0 Å². The van der Waals surface area contributed by atoms with Crippen LogP contribution in [0.4, 0.5) is 0 Å². The zero-order chi connectivity index (χ0) is 21.2. The number of fused-ring (bicyclic) bond motifs is 1. The third-order valence-electron chi connectivity index (χ3n) is 5.35. The molecule has 0 amide bonds. The SMILES string of the molecule is CCCCCOC(C)CCC/C=C/c1ccc2cc(-c3ccc(O)cc3)ncc2c1. The van der Waals surface area contributed by atoms with E-state index in [-0.39, 0.29) is 5.75 Å². The molecule has 1 heterocycles. The van der Waals surface area contributed by atoms with E-state index >= 15 is 0 Å². The summed E-state index contributed by atoms with van der Waals surface area (Å²) in [5.41, 5.74) is 3.12. The number of aromatic hydroxyl groups is 1. The van der Waals surface area contributed by atoms with Crippen molar-refractivity contribution >= 4 is 16.8 Å². The fraction of sp³-hybridized carbons (Fsp3) is 0.370. The first-order chi connectivity index (χ1) is 14.7. The molecule has 0 aliphatic heterocycles. The van der Waals surface area contributed by atoms with Crippen LogP contribution in [0.5, 0.6) is 5.75 Å². The minimum absolute atomic E-state index is 0.268. The van der Waals surface area contributed by atoms with Gasteiger partial charge in [-0.15, -0.1) is 0 Å². The highest BCUT2D eigenvalue weighted by Crippen LogP contribution is 2.24. The van der Waals surface area contributed by atoms with E-state index in [2.05, 4.69) is 55.2 Å². The molecule has 3 heteroatoms. The van der Waals surface area contributed by atoms with E-state index in [1.54, 1.807) is 12.1 Å². The molecule has 3 aromatic rings. The molecule has 0 spiro atoms. The van der Waals surface area contributed by atoms with Crippen LogP contribution in [0.25, 0.3) is 28.1 Å². The lowest BCUT2D eigenvalue weighted by atomic mass is 10.0. The van der Waals surface area contributed by atoms with E-state index in [1.165, 1.54) is 30.2 Å². The molecule has 0 aliphatic rings. The largest absolute Gasteiger partial charge is 0.508 e. The summed E-state index contributed by atoms with van der Waals surface area (Å²) in [6, 6.07) is 15.7. The summed E-state index contributed by atoms with van der Waals surface area (Å²) < 4.78 is 5.86. The molecular formula is C27H33NO2. The number of rotatable bonds is 11. The molecule has 0 aliphatic carbocycles. The van der Waals surface area contributed by atoms with Crippen molar-refractivity contribution in [2.45, 2.75) is 58.5 Å². The molecule has 1 atom stereocenters. The Balaban J connectivity index is 1.50. The van der Waals surface area contributed by atoms with E-state index in [0.717, 1.165) is 42.5 Å². The summed E-state index contributed by atoms with van der Waals surface area (Å²) in [7, 11) is 0. The van der Waals surface area contributed by atoms with Crippen molar-refractivity contribution in [3.63, 3.8) is 0 Å². The molecule has 2 aromatic carbocycles. The van der Waals surface area contributed by atoms with Crippen molar-refractivity contribution in [3.05, 3.63) is 66.4 Å². The number of hydrogen-bond acceptors (Lipinski definition) is 3. The summed E-state index contributed by atoms with van der Waals surface area (Å²) >= 11 is 0. The average Bonchev–Trinajstić information content (AvgIpc) is 2.76.